The molecular weight excluding hydrogens is 345 g/mol. The highest BCUT2D eigenvalue weighted by atomic mass is 19.1. The van der Waals surface area contributed by atoms with Gasteiger partial charge >= 0.3 is 0 Å². The van der Waals surface area contributed by atoms with Gasteiger partial charge in [-0.3, -0.25) is 9.69 Å². The molecule has 2 aromatic rings. The second kappa shape index (κ2) is 8.86. The van der Waals surface area contributed by atoms with Crippen molar-refractivity contribution < 1.29 is 13.9 Å². The van der Waals surface area contributed by atoms with Crippen molar-refractivity contribution >= 4 is 11.6 Å². The van der Waals surface area contributed by atoms with Gasteiger partial charge in [0.1, 0.15) is 11.6 Å². The molecule has 0 unspecified atom stereocenters. The van der Waals surface area contributed by atoms with Gasteiger partial charge in [-0.25, -0.2) is 4.39 Å². The summed E-state index contributed by atoms with van der Waals surface area (Å²) in [6, 6.07) is 14.3. The number of carbonyl (C=O) groups excluding carboxylic acids is 1. The van der Waals surface area contributed by atoms with Gasteiger partial charge in [0, 0.05) is 51.0 Å². The van der Waals surface area contributed by atoms with E-state index in [0.29, 0.717) is 13.1 Å². The smallest absolute Gasteiger partial charge is 0.236 e. The quantitative estimate of drug-likeness (QED) is 0.782. The monoisotopic (exact) mass is 371 g/mol. The molecule has 0 atom stereocenters. The number of ether oxygens (including phenoxy) is 1. The van der Waals surface area contributed by atoms with Crippen LogP contribution in [0.15, 0.2) is 48.5 Å². The van der Waals surface area contributed by atoms with Gasteiger partial charge in [-0.05, 0) is 30.3 Å². The summed E-state index contributed by atoms with van der Waals surface area (Å²) in [6.07, 6.45) is 0. The molecule has 0 bridgehead atoms. The first-order valence-corrected chi connectivity index (χ1v) is 9.15. The highest BCUT2D eigenvalue weighted by molar-refractivity contribution is 5.78. The molecule has 0 spiro atoms. The Morgan fingerprint density at radius 3 is 2.41 bits per heavy atom. The minimum absolute atomic E-state index is 0.0936. The number of hydrogen-bond donors (Lipinski definition) is 0. The van der Waals surface area contributed by atoms with Gasteiger partial charge in [0.2, 0.25) is 5.91 Å². The molecule has 0 radical (unpaired) electrons. The number of piperazine rings is 1. The summed E-state index contributed by atoms with van der Waals surface area (Å²) in [6.45, 7) is 4.21. The fraction of sp³-hybridized carbons (Fsp3) is 0.381. The number of carbonyl (C=O) groups is 1. The second-order valence-corrected chi connectivity index (χ2v) is 6.80. The predicted molar refractivity (Wildman–Crippen MR) is 105 cm³/mol. The van der Waals surface area contributed by atoms with Crippen LogP contribution in [-0.2, 0) is 11.3 Å². The van der Waals surface area contributed by atoms with Gasteiger partial charge in [0.25, 0.3) is 0 Å². The highest BCUT2D eigenvalue weighted by Crippen LogP contribution is 2.19. The van der Waals surface area contributed by atoms with Gasteiger partial charge in [0.15, 0.2) is 0 Å². The van der Waals surface area contributed by atoms with Crippen molar-refractivity contribution in [3.05, 3.63) is 59.9 Å². The second-order valence-electron chi connectivity index (χ2n) is 6.80. The third kappa shape index (κ3) is 4.98. The van der Waals surface area contributed by atoms with Crippen molar-refractivity contribution in [1.29, 1.82) is 0 Å². The molecule has 6 heteroatoms. The SMILES string of the molecule is COc1ccccc1CN(C)C(=O)CN1CCN(c2ccc(F)cc2)CC1. The number of anilines is 1. The van der Waals surface area contributed by atoms with E-state index in [1.807, 2.05) is 31.3 Å². The van der Waals surface area contributed by atoms with Crippen LogP contribution in [0.5, 0.6) is 5.75 Å². The average Bonchev–Trinajstić information content (AvgIpc) is 2.69. The summed E-state index contributed by atoms with van der Waals surface area (Å²) >= 11 is 0. The first-order chi connectivity index (χ1) is 13.1. The summed E-state index contributed by atoms with van der Waals surface area (Å²) in [5.41, 5.74) is 2.02. The Kier molecular flexibility index (Phi) is 6.29. The van der Waals surface area contributed by atoms with Crippen LogP contribution in [0.4, 0.5) is 10.1 Å². The molecule has 5 nitrogen and oxygen atoms in total. The Balaban J connectivity index is 1.49. The van der Waals surface area contributed by atoms with Crippen LogP contribution in [0.25, 0.3) is 0 Å². The van der Waals surface area contributed by atoms with E-state index in [-0.39, 0.29) is 11.7 Å². The van der Waals surface area contributed by atoms with Gasteiger partial charge < -0.3 is 14.5 Å². The first-order valence-electron chi connectivity index (χ1n) is 9.15. The third-order valence-corrected chi connectivity index (χ3v) is 4.95. The fourth-order valence-corrected chi connectivity index (χ4v) is 3.31. The van der Waals surface area contributed by atoms with E-state index in [4.69, 9.17) is 4.74 Å². The third-order valence-electron chi connectivity index (χ3n) is 4.95. The lowest BCUT2D eigenvalue weighted by Crippen LogP contribution is -2.49. The van der Waals surface area contributed by atoms with E-state index in [2.05, 4.69) is 9.80 Å². The molecular formula is C21H26FN3O2. The zero-order valence-electron chi connectivity index (χ0n) is 15.9. The normalized spacial score (nSPS) is 14.9. The molecule has 0 saturated carbocycles. The van der Waals surface area contributed by atoms with Crippen molar-refractivity contribution in [3.63, 3.8) is 0 Å². The number of amides is 1. The maximum atomic E-state index is 13.1. The molecule has 3 rings (SSSR count). The molecule has 1 fully saturated rings. The van der Waals surface area contributed by atoms with E-state index in [1.165, 1.54) is 12.1 Å². The molecule has 1 aliphatic heterocycles. The lowest BCUT2D eigenvalue weighted by atomic mass is 10.2. The summed E-state index contributed by atoms with van der Waals surface area (Å²) in [4.78, 5) is 18.7. The summed E-state index contributed by atoms with van der Waals surface area (Å²) in [5, 5.41) is 0. The molecule has 0 N–H and O–H groups in total. The number of nitrogens with zero attached hydrogens (tertiary/aromatic N) is 3. The number of likely N-dealkylation sites (N-methyl/N-ethyl adjacent to an activating group) is 1. The summed E-state index contributed by atoms with van der Waals surface area (Å²) in [5.74, 6) is 0.669. The van der Waals surface area contributed by atoms with Crippen LogP contribution in [0.1, 0.15) is 5.56 Å². The van der Waals surface area contributed by atoms with E-state index in [0.717, 1.165) is 43.2 Å². The molecule has 0 aromatic heterocycles. The molecule has 1 heterocycles. The standard InChI is InChI=1S/C21H26FN3O2/c1-23(15-17-5-3-4-6-20(17)27-2)21(26)16-24-11-13-25(14-12-24)19-9-7-18(22)8-10-19/h3-10H,11-16H2,1-2H3. The van der Waals surface area contributed by atoms with E-state index in [9.17, 15) is 9.18 Å². The minimum Gasteiger partial charge on any atom is -0.496 e. The number of methoxy groups -OCH3 is 1. The minimum atomic E-state index is -0.221. The van der Waals surface area contributed by atoms with Gasteiger partial charge in [0.05, 0.1) is 13.7 Å². The van der Waals surface area contributed by atoms with Crippen molar-refractivity contribution in [2.45, 2.75) is 6.54 Å². The van der Waals surface area contributed by atoms with E-state index in [1.54, 1.807) is 24.1 Å². The Labute approximate surface area is 159 Å². The number of hydrogen-bond acceptors (Lipinski definition) is 4. The zero-order chi connectivity index (χ0) is 19.2. The number of halogens is 1. The van der Waals surface area contributed by atoms with E-state index >= 15 is 0 Å². The largest absolute Gasteiger partial charge is 0.496 e. The first kappa shape index (κ1) is 19.2. The summed E-state index contributed by atoms with van der Waals surface area (Å²) < 4.78 is 18.4. The van der Waals surface area contributed by atoms with Crippen molar-refractivity contribution in [3.8, 4) is 5.75 Å². The summed E-state index contributed by atoms with van der Waals surface area (Å²) in [7, 11) is 3.46. The van der Waals surface area contributed by atoms with Crippen LogP contribution >= 0.6 is 0 Å². The molecule has 2 aromatic carbocycles. The molecule has 0 aliphatic carbocycles. The fourth-order valence-electron chi connectivity index (χ4n) is 3.31. The Hall–Kier alpha value is -2.60. The van der Waals surface area contributed by atoms with Crippen LogP contribution in [-0.4, -0.2) is 62.6 Å². The number of rotatable bonds is 6. The number of benzene rings is 2. The highest BCUT2D eigenvalue weighted by Gasteiger charge is 2.21. The average molecular weight is 371 g/mol. The predicted octanol–water partition coefficient (Wildman–Crippen LogP) is 2.61. The lowest BCUT2D eigenvalue weighted by Gasteiger charge is -2.36. The van der Waals surface area contributed by atoms with E-state index < -0.39 is 0 Å². The van der Waals surface area contributed by atoms with Crippen molar-refractivity contribution in [2.75, 3.05) is 51.8 Å². The molecule has 1 amide bonds. The van der Waals surface area contributed by atoms with Gasteiger partial charge in [-0.15, -0.1) is 0 Å². The zero-order valence-corrected chi connectivity index (χ0v) is 15.9. The van der Waals surface area contributed by atoms with Crippen molar-refractivity contribution in [2.24, 2.45) is 0 Å². The van der Waals surface area contributed by atoms with Gasteiger partial charge in [-0.2, -0.15) is 0 Å². The Morgan fingerprint density at radius 2 is 1.74 bits per heavy atom. The van der Waals surface area contributed by atoms with Crippen LogP contribution in [0.2, 0.25) is 0 Å². The Bertz CT molecular complexity index is 758. The molecule has 144 valence electrons. The van der Waals surface area contributed by atoms with Crippen LogP contribution in [0.3, 0.4) is 0 Å². The molecule has 1 saturated heterocycles. The number of para-hydroxylation sites is 1. The van der Waals surface area contributed by atoms with Crippen LogP contribution < -0.4 is 9.64 Å². The molecule has 1 aliphatic rings. The lowest BCUT2D eigenvalue weighted by molar-refractivity contribution is -0.131. The van der Waals surface area contributed by atoms with Crippen molar-refractivity contribution in [1.82, 2.24) is 9.80 Å². The molecule has 27 heavy (non-hydrogen) atoms. The van der Waals surface area contributed by atoms with Crippen LogP contribution in [0, 0.1) is 5.82 Å². The van der Waals surface area contributed by atoms with Gasteiger partial charge in [-0.1, -0.05) is 18.2 Å². The Morgan fingerprint density at radius 1 is 1.07 bits per heavy atom. The maximum absolute atomic E-state index is 13.1. The topological polar surface area (TPSA) is 36.0 Å². The maximum Gasteiger partial charge on any atom is 0.236 e.